The number of ether oxygens (including phenoxy) is 4. The Morgan fingerprint density at radius 2 is 1.45 bits per heavy atom. The standard InChI is InChI=1S/C17H30O5/c1-19-17-21-14-10-8-6-4-2-3-5-7-9-11-16(18)20-13-12-15(14)22-17/h14-15,17H,2-13H2,1H3. The Hall–Kier alpha value is -0.650. The average Bonchev–Trinajstić information content (AvgIpc) is 2.90. The average molecular weight is 314 g/mol. The lowest BCUT2D eigenvalue weighted by Crippen LogP contribution is -2.24. The third-order valence-electron chi connectivity index (χ3n) is 4.46. The van der Waals surface area contributed by atoms with Gasteiger partial charge in [0.1, 0.15) is 0 Å². The first kappa shape index (κ1) is 17.7. The lowest BCUT2D eigenvalue weighted by atomic mass is 10.0. The van der Waals surface area contributed by atoms with Gasteiger partial charge in [-0.15, -0.1) is 0 Å². The van der Waals surface area contributed by atoms with Crippen LogP contribution in [0.25, 0.3) is 0 Å². The van der Waals surface area contributed by atoms with E-state index < -0.39 is 6.48 Å². The molecule has 2 aliphatic heterocycles. The van der Waals surface area contributed by atoms with Crippen LogP contribution < -0.4 is 0 Å². The Bertz CT molecular complexity index is 320. The molecule has 0 N–H and O–H groups in total. The maximum atomic E-state index is 11.7. The van der Waals surface area contributed by atoms with Crippen LogP contribution in [0, 0.1) is 0 Å². The molecule has 2 fully saturated rings. The topological polar surface area (TPSA) is 54.0 Å². The Morgan fingerprint density at radius 3 is 2.14 bits per heavy atom. The van der Waals surface area contributed by atoms with Gasteiger partial charge in [0.05, 0.1) is 18.8 Å². The van der Waals surface area contributed by atoms with E-state index >= 15 is 0 Å². The molecular formula is C17H30O5. The van der Waals surface area contributed by atoms with Crippen molar-refractivity contribution in [2.75, 3.05) is 13.7 Å². The minimum Gasteiger partial charge on any atom is -0.466 e. The van der Waals surface area contributed by atoms with E-state index in [9.17, 15) is 4.79 Å². The fourth-order valence-corrected chi connectivity index (χ4v) is 3.15. The molecule has 2 rings (SSSR count). The molecule has 2 heterocycles. The van der Waals surface area contributed by atoms with Crippen LogP contribution in [0.5, 0.6) is 0 Å². The maximum Gasteiger partial charge on any atom is 0.305 e. The van der Waals surface area contributed by atoms with E-state index in [1.165, 1.54) is 32.1 Å². The zero-order chi connectivity index (χ0) is 15.6. The zero-order valence-corrected chi connectivity index (χ0v) is 13.8. The van der Waals surface area contributed by atoms with E-state index in [1.54, 1.807) is 7.11 Å². The molecule has 5 heteroatoms. The Labute approximate surface area is 133 Å². The molecule has 0 aliphatic carbocycles. The van der Waals surface area contributed by atoms with Gasteiger partial charge in [0, 0.05) is 20.0 Å². The molecule has 0 radical (unpaired) electrons. The fourth-order valence-electron chi connectivity index (χ4n) is 3.15. The molecule has 2 saturated heterocycles. The van der Waals surface area contributed by atoms with Crippen molar-refractivity contribution in [2.24, 2.45) is 0 Å². The second-order valence-corrected chi connectivity index (χ2v) is 6.25. The summed E-state index contributed by atoms with van der Waals surface area (Å²) in [4.78, 5) is 11.7. The number of esters is 1. The predicted molar refractivity (Wildman–Crippen MR) is 82.3 cm³/mol. The van der Waals surface area contributed by atoms with Crippen LogP contribution in [-0.2, 0) is 23.7 Å². The van der Waals surface area contributed by atoms with E-state index in [0.29, 0.717) is 19.4 Å². The van der Waals surface area contributed by atoms with Crippen molar-refractivity contribution in [1.29, 1.82) is 0 Å². The monoisotopic (exact) mass is 314 g/mol. The summed E-state index contributed by atoms with van der Waals surface area (Å²) >= 11 is 0. The van der Waals surface area contributed by atoms with Crippen molar-refractivity contribution in [2.45, 2.75) is 89.3 Å². The van der Waals surface area contributed by atoms with Crippen LogP contribution in [0.1, 0.15) is 70.6 Å². The summed E-state index contributed by atoms with van der Waals surface area (Å²) in [5.41, 5.74) is 0. The van der Waals surface area contributed by atoms with Crippen LogP contribution in [0.4, 0.5) is 0 Å². The minimum absolute atomic E-state index is 0.0364. The summed E-state index contributed by atoms with van der Waals surface area (Å²) in [6.45, 7) is -0.174. The van der Waals surface area contributed by atoms with Gasteiger partial charge in [-0.05, 0) is 12.8 Å². The highest BCUT2D eigenvalue weighted by Crippen LogP contribution is 2.26. The number of methoxy groups -OCH3 is 1. The van der Waals surface area contributed by atoms with Gasteiger partial charge in [-0.1, -0.05) is 44.9 Å². The van der Waals surface area contributed by atoms with Crippen LogP contribution in [0.15, 0.2) is 0 Å². The number of cyclic esters (lactones) is 1. The van der Waals surface area contributed by atoms with E-state index in [0.717, 1.165) is 25.7 Å². The van der Waals surface area contributed by atoms with Gasteiger partial charge < -0.3 is 18.9 Å². The summed E-state index contributed by atoms with van der Waals surface area (Å²) in [7, 11) is 1.58. The van der Waals surface area contributed by atoms with Crippen molar-refractivity contribution < 1.29 is 23.7 Å². The lowest BCUT2D eigenvalue weighted by Gasteiger charge is -2.16. The number of rotatable bonds is 1. The third-order valence-corrected chi connectivity index (χ3v) is 4.46. The molecule has 128 valence electrons. The fraction of sp³-hybridized carbons (Fsp3) is 0.941. The van der Waals surface area contributed by atoms with E-state index in [-0.39, 0.29) is 18.2 Å². The largest absolute Gasteiger partial charge is 0.466 e. The highest BCUT2D eigenvalue weighted by molar-refractivity contribution is 5.69. The quantitative estimate of drug-likeness (QED) is 0.693. The molecule has 22 heavy (non-hydrogen) atoms. The molecule has 0 bridgehead atoms. The van der Waals surface area contributed by atoms with E-state index in [1.807, 2.05) is 0 Å². The molecule has 3 atom stereocenters. The van der Waals surface area contributed by atoms with E-state index in [4.69, 9.17) is 18.9 Å². The number of fused-ring (bicyclic) bond motifs is 1. The molecule has 0 aromatic rings. The van der Waals surface area contributed by atoms with E-state index in [2.05, 4.69) is 0 Å². The van der Waals surface area contributed by atoms with Gasteiger partial charge in [-0.2, -0.15) is 0 Å². The van der Waals surface area contributed by atoms with Crippen LogP contribution in [-0.4, -0.2) is 38.4 Å². The molecule has 5 nitrogen and oxygen atoms in total. The van der Waals surface area contributed by atoms with Crippen molar-refractivity contribution in [1.82, 2.24) is 0 Å². The minimum atomic E-state index is -0.576. The summed E-state index contributed by atoms with van der Waals surface area (Å²) in [6.07, 6.45) is 11.8. The number of carbonyl (C=O) groups excluding carboxylic acids is 1. The maximum absolute atomic E-state index is 11.7. The van der Waals surface area contributed by atoms with Gasteiger partial charge >= 0.3 is 5.97 Å². The van der Waals surface area contributed by atoms with Gasteiger partial charge in [0.2, 0.25) is 0 Å². The molecule has 0 aromatic carbocycles. The first-order chi connectivity index (χ1) is 10.8. The van der Waals surface area contributed by atoms with Crippen LogP contribution in [0.2, 0.25) is 0 Å². The predicted octanol–water partition coefficient (Wildman–Crippen LogP) is 3.55. The summed E-state index contributed by atoms with van der Waals surface area (Å²) in [6, 6.07) is 0. The molecule has 0 amide bonds. The second-order valence-electron chi connectivity index (χ2n) is 6.25. The van der Waals surface area contributed by atoms with Gasteiger partial charge in [-0.3, -0.25) is 4.79 Å². The summed E-state index contributed by atoms with van der Waals surface area (Å²) in [5, 5.41) is 0. The summed E-state index contributed by atoms with van der Waals surface area (Å²) < 4.78 is 21.9. The van der Waals surface area contributed by atoms with Crippen LogP contribution in [0.3, 0.4) is 0 Å². The highest BCUT2D eigenvalue weighted by Gasteiger charge is 2.35. The zero-order valence-electron chi connectivity index (χ0n) is 13.8. The smallest absolute Gasteiger partial charge is 0.305 e. The Morgan fingerprint density at radius 1 is 0.864 bits per heavy atom. The normalized spacial score (nSPS) is 33.1. The molecule has 0 aromatic heterocycles. The first-order valence-electron chi connectivity index (χ1n) is 8.79. The molecule has 2 aliphatic rings. The lowest BCUT2D eigenvalue weighted by molar-refractivity contribution is -0.229. The van der Waals surface area contributed by atoms with Crippen molar-refractivity contribution in [3.63, 3.8) is 0 Å². The first-order valence-corrected chi connectivity index (χ1v) is 8.79. The molecular weight excluding hydrogens is 284 g/mol. The van der Waals surface area contributed by atoms with Crippen molar-refractivity contribution in [3.05, 3.63) is 0 Å². The Balaban J connectivity index is 1.81. The van der Waals surface area contributed by atoms with Gasteiger partial charge in [-0.25, -0.2) is 0 Å². The molecule has 3 unspecified atom stereocenters. The molecule has 0 spiro atoms. The van der Waals surface area contributed by atoms with Crippen molar-refractivity contribution >= 4 is 5.97 Å². The second kappa shape index (κ2) is 10.2. The number of hydrogen-bond acceptors (Lipinski definition) is 5. The van der Waals surface area contributed by atoms with Gasteiger partial charge in [0.15, 0.2) is 0 Å². The molecule has 0 saturated carbocycles. The number of carbonyl (C=O) groups is 1. The third kappa shape index (κ3) is 6.23. The Kier molecular flexibility index (Phi) is 8.20. The summed E-state index contributed by atoms with van der Waals surface area (Å²) in [5.74, 6) is -0.0918. The van der Waals surface area contributed by atoms with Crippen molar-refractivity contribution in [3.8, 4) is 0 Å². The number of hydrogen-bond donors (Lipinski definition) is 0. The SMILES string of the molecule is COC1OC2CCCCCCCCCCC(=O)OCCC2O1. The van der Waals surface area contributed by atoms with Crippen LogP contribution >= 0.6 is 0 Å². The highest BCUT2D eigenvalue weighted by atomic mass is 16.9. The van der Waals surface area contributed by atoms with Gasteiger partial charge in [0.25, 0.3) is 6.48 Å².